The Bertz CT molecular complexity index is 1850. The van der Waals surface area contributed by atoms with Crippen LogP contribution >= 0.6 is 11.3 Å². The summed E-state index contributed by atoms with van der Waals surface area (Å²) in [5.74, 6) is -2.99. The number of hydrogen-bond acceptors (Lipinski definition) is 12. The maximum absolute atomic E-state index is 13.8. The predicted octanol–water partition coefficient (Wildman–Crippen LogP) is 4.15. The number of sulfone groups is 1. The number of rotatable bonds is 10. The number of aromatic nitrogens is 4. The number of nitrogens with zero attached hydrogens (tertiary/aromatic N) is 4. The zero-order valence-corrected chi connectivity index (χ0v) is 27.0. The Balaban J connectivity index is 1.29. The third-order valence-corrected chi connectivity index (χ3v) is 11.8. The minimum Gasteiger partial charge on any atom is -0.390 e. The normalized spacial score (nSPS) is 22.8. The second-order valence-corrected chi connectivity index (χ2v) is 15.4. The number of anilines is 2. The van der Waals surface area contributed by atoms with Gasteiger partial charge in [-0.05, 0) is 57.7 Å². The molecule has 15 heteroatoms. The summed E-state index contributed by atoms with van der Waals surface area (Å²) in [6.07, 6.45) is 2.93. The number of pyridine rings is 1. The second kappa shape index (κ2) is 12.7. The molecular formula is C31H36F2N6O5S2. The highest BCUT2D eigenvalue weighted by molar-refractivity contribution is 7.91. The minimum absolute atomic E-state index is 0.0283. The van der Waals surface area contributed by atoms with E-state index in [9.17, 15) is 32.5 Å². The van der Waals surface area contributed by atoms with Gasteiger partial charge in [-0.3, -0.25) is 4.98 Å². The van der Waals surface area contributed by atoms with Crippen LogP contribution in [-0.4, -0.2) is 79.8 Å². The Morgan fingerprint density at radius 3 is 2.43 bits per heavy atom. The lowest BCUT2D eigenvalue weighted by Crippen LogP contribution is -2.36. The number of halogens is 2. The zero-order valence-electron chi connectivity index (χ0n) is 25.4. The molecule has 5 N–H and O–H groups in total. The molecule has 0 bridgehead atoms. The van der Waals surface area contributed by atoms with Crippen LogP contribution in [0.3, 0.4) is 0 Å². The van der Waals surface area contributed by atoms with Crippen molar-refractivity contribution in [1.82, 2.24) is 19.9 Å². The van der Waals surface area contributed by atoms with Crippen molar-refractivity contribution in [2.75, 3.05) is 22.9 Å². The van der Waals surface area contributed by atoms with Gasteiger partial charge in [-0.25, -0.2) is 27.2 Å². The summed E-state index contributed by atoms with van der Waals surface area (Å²) in [4.78, 5) is 18.0. The number of benzene rings is 1. The van der Waals surface area contributed by atoms with Crippen LogP contribution in [0.1, 0.15) is 49.9 Å². The van der Waals surface area contributed by atoms with E-state index in [0.29, 0.717) is 47.1 Å². The molecule has 3 aromatic heterocycles. The molecule has 2 saturated carbocycles. The largest absolute Gasteiger partial charge is 0.390 e. The van der Waals surface area contributed by atoms with Crippen LogP contribution in [0.4, 0.5) is 20.5 Å². The van der Waals surface area contributed by atoms with Gasteiger partial charge in [0, 0.05) is 24.7 Å². The van der Waals surface area contributed by atoms with Crippen molar-refractivity contribution in [1.29, 1.82) is 0 Å². The van der Waals surface area contributed by atoms with E-state index in [1.165, 1.54) is 11.3 Å². The minimum atomic E-state index is -4.20. The average molecular weight is 675 g/mol. The molecule has 0 saturated heterocycles. The number of nitrogens with one attached hydrogen (secondary N) is 2. The number of aryl methyl sites for hydroxylation is 2. The fourth-order valence-corrected chi connectivity index (χ4v) is 9.27. The quantitative estimate of drug-likeness (QED) is 0.164. The molecule has 0 spiro atoms. The lowest BCUT2D eigenvalue weighted by atomic mass is 9.98. The molecule has 46 heavy (non-hydrogen) atoms. The van der Waals surface area contributed by atoms with Crippen LogP contribution in [0.15, 0.2) is 35.4 Å². The van der Waals surface area contributed by atoms with Crippen molar-refractivity contribution in [3.63, 3.8) is 0 Å². The van der Waals surface area contributed by atoms with E-state index in [1.807, 2.05) is 19.9 Å². The summed E-state index contributed by atoms with van der Waals surface area (Å²) in [5, 5.41) is 39.8. The van der Waals surface area contributed by atoms with E-state index in [-0.39, 0.29) is 6.42 Å². The van der Waals surface area contributed by atoms with Gasteiger partial charge in [0.05, 0.1) is 50.0 Å². The van der Waals surface area contributed by atoms with Crippen LogP contribution in [0.5, 0.6) is 0 Å². The Hall–Kier alpha value is -3.37. The van der Waals surface area contributed by atoms with Crippen molar-refractivity contribution >= 4 is 43.2 Å². The number of fused-ring (bicyclic) bond motifs is 1. The zero-order chi connectivity index (χ0) is 32.8. The van der Waals surface area contributed by atoms with Crippen molar-refractivity contribution in [2.24, 2.45) is 5.92 Å². The molecule has 2 aliphatic rings. The Kier molecular flexibility index (Phi) is 8.97. The van der Waals surface area contributed by atoms with E-state index in [4.69, 9.17) is 9.97 Å². The standard InChI is InChI=1S/C31H36F2N6O5S2/c1-16-24(29-38-25-17(2)34-9-5-23(25)45-29)28(39-30(36-16)35-10-8-31(42)6-3-4-7-31)37-22-11-18(26(40)27(22)41)15-46(43,44)21-13-19(32)12-20(33)14-21/h5,9,12-14,18,22,26-27,40-42H,3-4,6-8,10-11,15H2,1-2H3,(H2,35,36,37,39)/t18-,22-,26-,27+/m1/s1. The molecule has 4 atom stereocenters. The number of aliphatic hydroxyl groups excluding tert-OH is 2. The van der Waals surface area contributed by atoms with Crippen LogP contribution in [-0.2, 0) is 9.84 Å². The highest BCUT2D eigenvalue weighted by Gasteiger charge is 2.44. The average Bonchev–Trinajstić information content (AvgIpc) is 3.68. The number of aliphatic hydroxyl groups is 3. The summed E-state index contributed by atoms with van der Waals surface area (Å²) in [5.41, 5.74) is 1.94. The summed E-state index contributed by atoms with van der Waals surface area (Å²) in [6, 6.07) is 3.09. The van der Waals surface area contributed by atoms with Gasteiger partial charge in [0.1, 0.15) is 34.1 Å². The Morgan fingerprint density at radius 2 is 1.74 bits per heavy atom. The molecule has 246 valence electrons. The van der Waals surface area contributed by atoms with Gasteiger partial charge in [-0.15, -0.1) is 11.3 Å². The first kappa shape index (κ1) is 32.6. The van der Waals surface area contributed by atoms with E-state index in [2.05, 4.69) is 20.6 Å². The van der Waals surface area contributed by atoms with Crippen LogP contribution in [0, 0.1) is 31.4 Å². The first-order valence-electron chi connectivity index (χ1n) is 15.2. The molecule has 0 unspecified atom stereocenters. The maximum atomic E-state index is 13.8. The molecule has 0 amide bonds. The van der Waals surface area contributed by atoms with Crippen LogP contribution in [0.2, 0.25) is 0 Å². The first-order valence-corrected chi connectivity index (χ1v) is 17.7. The lowest BCUT2D eigenvalue weighted by molar-refractivity contribution is 0.0216. The van der Waals surface area contributed by atoms with Crippen LogP contribution in [0.25, 0.3) is 20.8 Å². The van der Waals surface area contributed by atoms with Gasteiger partial charge in [0.2, 0.25) is 5.95 Å². The molecule has 2 fully saturated rings. The number of hydrogen-bond donors (Lipinski definition) is 5. The first-order chi connectivity index (χ1) is 21.8. The van der Waals surface area contributed by atoms with Gasteiger partial charge in [0.15, 0.2) is 9.84 Å². The smallest absolute Gasteiger partial charge is 0.224 e. The lowest BCUT2D eigenvalue weighted by Gasteiger charge is -2.23. The molecule has 3 heterocycles. The summed E-state index contributed by atoms with van der Waals surface area (Å²) >= 11 is 1.42. The van der Waals surface area contributed by atoms with Gasteiger partial charge in [0.25, 0.3) is 0 Å². The van der Waals surface area contributed by atoms with Crippen molar-refractivity contribution < 1.29 is 32.5 Å². The molecule has 0 radical (unpaired) electrons. The number of thiazole rings is 1. The molecule has 11 nitrogen and oxygen atoms in total. The summed E-state index contributed by atoms with van der Waals surface area (Å²) in [7, 11) is -4.20. The van der Waals surface area contributed by atoms with Crippen molar-refractivity contribution in [3.8, 4) is 10.6 Å². The van der Waals surface area contributed by atoms with E-state index >= 15 is 0 Å². The van der Waals surface area contributed by atoms with Gasteiger partial charge in [-0.2, -0.15) is 4.98 Å². The summed E-state index contributed by atoms with van der Waals surface area (Å²) < 4.78 is 54.6. The summed E-state index contributed by atoms with van der Waals surface area (Å²) in [6.45, 7) is 4.11. The molecular weight excluding hydrogens is 639 g/mol. The van der Waals surface area contributed by atoms with E-state index in [0.717, 1.165) is 53.7 Å². The van der Waals surface area contributed by atoms with E-state index < -0.39 is 61.9 Å². The van der Waals surface area contributed by atoms with Gasteiger partial charge in [-0.1, -0.05) is 12.8 Å². The fourth-order valence-electron chi connectivity index (χ4n) is 6.49. The molecule has 0 aliphatic heterocycles. The highest BCUT2D eigenvalue weighted by Crippen LogP contribution is 2.39. The van der Waals surface area contributed by atoms with Gasteiger partial charge < -0.3 is 26.0 Å². The van der Waals surface area contributed by atoms with Crippen molar-refractivity contribution in [2.45, 2.75) is 81.1 Å². The second-order valence-electron chi connectivity index (χ2n) is 12.3. The topological polar surface area (TPSA) is 170 Å². The molecule has 4 aromatic rings. The highest BCUT2D eigenvalue weighted by atomic mass is 32.2. The SMILES string of the molecule is Cc1nc(NCCC2(O)CCCC2)nc(N[C@@H]2C[C@H](CS(=O)(=O)c3cc(F)cc(F)c3)[C@@H](O)[C@H]2O)c1-c1nc2c(C)nccc2s1. The van der Waals surface area contributed by atoms with Crippen LogP contribution < -0.4 is 10.6 Å². The Morgan fingerprint density at radius 1 is 1.02 bits per heavy atom. The third-order valence-electron chi connectivity index (χ3n) is 8.95. The maximum Gasteiger partial charge on any atom is 0.224 e. The molecule has 6 rings (SSSR count). The van der Waals surface area contributed by atoms with E-state index in [1.54, 1.807) is 6.20 Å². The Labute approximate surface area is 269 Å². The molecule has 1 aromatic carbocycles. The third kappa shape index (κ3) is 6.69. The van der Waals surface area contributed by atoms with Crippen molar-refractivity contribution in [3.05, 3.63) is 53.5 Å². The van der Waals surface area contributed by atoms with Gasteiger partial charge >= 0.3 is 0 Å². The predicted molar refractivity (Wildman–Crippen MR) is 170 cm³/mol. The monoisotopic (exact) mass is 674 g/mol. The molecule has 2 aliphatic carbocycles. The fraction of sp³-hybridized carbons (Fsp3) is 0.484.